The molecule has 0 aliphatic rings. The van der Waals surface area contributed by atoms with Crippen molar-refractivity contribution < 1.29 is 0 Å². The van der Waals surface area contributed by atoms with Gasteiger partial charge in [-0.05, 0) is 39.8 Å². The molecule has 0 aliphatic carbocycles. The summed E-state index contributed by atoms with van der Waals surface area (Å²) in [5, 5.41) is 3.02. The fraction of sp³-hybridized carbons (Fsp3) is 0. The molecule has 0 nitrogen and oxygen atoms in total. The van der Waals surface area contributed by atoms with Gasteiger partial charge in [0, 0.05) is 10.4 Å². The number of hydrogen-bond donors (Lipinski definition) is 0. The molecule has 1 radical (unpaired) electrons. The topological polar surface area (TPSA) is 0 Å². The molecule has 4 rings (SSSR count). The Hall–Kier alpha value is -2.57. The van der Waals surface area contributed by atoms with Crippen molar-refractivity contribution in [2.75, 3.05) is 0 Å². The summed E-state index contributed by atoms with van der Waals surface area (Å²) in [7, 11) is 0. The molecule has 0 bridgehead atoms. The number of halogens is 1. The Morgan fingerprint density at radius 1 is 0.652 bits per heavy atom. The first-order chi connectivity index (χ1) is 11.3. The molecule has 1 heteroatoms. The monoisotopic (exact) mass is 313 g/mol. The lowest BCUT2D eigenvalue weighted by Crippen LogP contribution is -1.88. The molecular formula is C22H14Cl. The first kappa shape index (κ1) is 14.0. The zero-order valence-electron chi connectivity index (χ0n) is 12.5. The van der Waals surface area contributed by atoms with E-state index in [1.807, 2.05) is 36.4 Å². The highest BCUT2D eigenvalue weighted by molar-refractivity contribution is 6.36. The molecule has 0 saturated heterocycles. The molecule has 0 amide bonds. The van der Waals surface area contributed by atoms with Crippen LogP contribution in [0.25, 0.3) is 33.0 Å². The van der Waals surface area contributed by atoms with Crippen LogP contribution < -0.4 is 0 Å². The molecule has 0 unspecified atom stereocenters. The van der Waals surface area contributed by atoms with E-state index in [0.717, 1.165) is 16.0 Å². The highest BCUT2D eigenvalue weighted by Gasteiger charge is 2.12. The predicted octanol–water partition coefficient (Wildman–Crippen LogP) is 6.63. The maximum atomic E-state index is 6.41. The number of hydrogen-bond acceptors (Lipinski definition) is 0. The quantitative estimate of drug-likeness (QED) is 0.390. The van der Waals surface area contributed by atoms with Crippen LogP contribution in [0.3, 0.4) is 0 Å². The van der Waals surface area contributed by atoms with Gasteiger partial charge in [-0.1, -0.05) is 90.5 Å². The fourth-order valence-electron chi connectivity index (χ4n) is 3.02. The third-order valence-electron chi connectivity index (χ3n) is 4.07. The van der Waals surface area contributed by atoms with Crippen molar-refractivity contribution in [3.05, 3.63) is 96.0 Å². The summed E-state index contributed by atoms with van der Waals surface area (Å²) >= 11 is 6.41. The molecule has 4 aromatic carbocycles. The van der Waals surface area contributed by atoms with Gasteiger partial charge in [0.2, 0.25) is 0 Å². The van der Waals surface area contributed by atoms with Crippen LogP contribution in [-0.4, -0.2) is 0 Å². The van der Waals surface area contributed by atoms with E-state index >= 15 is 0 Å². The van der Waals surface area contributed by atoms with Crippen LogP contribution in [0, 0.1) is 6.07 Å². The van der Waals surface area contributed by atoms with E-state index in [2.05, 4.69) is 54.6 Å². The van der Waals surface area contributed by atoms with Crippen LogP contribution >= 0.6 is 11.6 Å². The molecule has 0 saturated carbocycles. The summed E-state index contributed by atoms with van der Waals surface area (Å²) in [5.41, 5.74) is 4.65. The van der Waals surface area contributed by atoms with Gasteiger partial charge in [0.15, 0.2) is 0 Å². The summed E-state index contributed by atoms with van der Waals surface area (Å²) < 4.78 is 0. The van der Waals surface area contributed by atoms with Gasteiger partial charge < -0.3 is 0 Å². The maximum absolute atomic E-state index is 6.41. The summed E-state index contributed by atoms with van der Waals surface area (Å²) in [6.07, 6.45) is 0. The largest absolute Gasteiger partial charge is 0.0837 e. The van der Waals surface area contributed by atoms with Crippen molar-refractivity contribution >= 4 is 22.4 Å². The molecule has 0 aliphatic heterocycles. The van der Waals surface area contributed by atoms with Gasteiger partial charge >= 0.3 is 0 Å². The summed E-state index contributed by atoms with van der Waals surface area (Å²) in [6.45, 7) is 0. The second kappa shape index (κ2) is 5.91. The number of rotatable bonds is 2. The number of benzene rings is 4. The second-order valence-electron chi connectivity index (χ2n) is 5.47. The van der Waals surface area contributed by atoms with Crippen molar-refractivity contribution in [1.82, 2.24) is 0 Å². The smallest absolute Gasteiger partial charge is 0.0484 e. The van der Waals surface area contributed by atoms with Crippen LogP contribution in [0.4, 0.5) is 0 Å². The van der Waals surface area contributed by atoms with Crippen LogP contribution in [0.15, 0.2) is 84.9 Å². The van der Waals surface area contributed by atoms with Gasteiger partial charge in [0.1, 0.15) is 0 Å². The normalized spacial score (nSPS) is 10.8. The zero-order valence-corrected chi connectivity index (χ0v) is 13.2. The third-order valence-corrected chi connectivity index (χ3v) is 4.40. The predicted molar refractivity (Wildman–Crippen MR) is 98.7 cm³/mol. The summed E-state index contributed by atoms with van der Waals surface area (Å²) in [5.74, 6) is 0. The molecule has 0 heterocycles. The Morgan fingerprint density at radius 2 is 1.48 bits per heavy atom. The minimum atomic E-state index is 0.781. The fourth-order valence-corrected chi connectivity index (χ4v) is 3.26. The van der Waals surface area contributed by atoms with E-state index in [0.29, 0.717) is 0 Å². The molecule has 0 spiro atoms. The molecule has 4 aromatic rings. The van der Waals surface area contributed by atoms with Crippen molar-refractivity contribution in [2.45, 2.75) is 0 Å². The van der Waals surface area contributed by atoms with Gasteiger partial charge in [0.25, 0.3) is 0 Å². The van der Waals surface area contributed by atoms with Gasteiger partial charge in [-0.2, -0.15) is 0 Å². The Kier molecular flexibility index (Phi) is 3.61. The van der Waals surface area contributed by atoms with Gasteiger partial charge in [-0.15, -0.1) is 0 Å². The summed E-state index contributed by atoms with van der Waals surface area (Å²) in [4.78, 5) is 0. The van der Waals surface area contributed by atoms with Gasteiger partial charge in [0.05, 0.1) is 0 Å². The van der Waals surface area contributed by atoms with Gasteiger partial charge in [-0.3, -0.25) is 0 Å². The van der Waals surface area contributed by atoms with E-state index in [9.17, 15) is 0 Å². The van der Waals surface area contributed by atoms with E-state index < -0.39 is 0 Å². The van der Waals surface area contributed by atoms with E-state index in [1.165, 1.54) is 22.1 Å². The average Bonchev–Trinajstić information content (AvgIpc) is 2.62. The minimum absolute atomic E-state index is 0.781. The van der Waals surface area contributed by atoms with E-state index in [4.69, 9.17) is 11.6 Å². The zero-order chi connectivity index (χ0) is 15.6. The van der Waals surface area contributed by atoms with Crippen LogP contribution in [0.1, 0.15) is 0 Å². The second-order valence-corrected chi connectivity index (χ2v) is 5.87. The molecule has 109 valence electrons. The van der Waals surface area contributed by atoms with Crippen LogP contribution in [-0.2, 0) is 0 Å². The summed E-state index contributed by atoms with van der Waals surface area (Å²) in [6, 6.07) is 32.2. The first-order valence-electron chi connectivity index (χ1n) is 7.58. The molecule has 0 aromatic heterocycles. The van der Waals surface area contributed by atoms with Crippen molar-refractivity contribution in [2.24, 2.45) is 0 Å². The standard InChI is InChI=1S/C22H14Cl/c23-21-13-7-12-20-19(21)15-14-18(16-8-3-1-4-9-16)22(20)17-10-5-2-6-11-17/h1-8,10-15H. The van der Waals surface area contributed by atoms with Crippen molar-refractivity contribution in [3.63, 3.8) is 0 Å². The highest BCUT2D eigenvalue weighted by atomic mass is 35.5. The minimum Gasteiger partial charge on any atom is -0.0837 e. The Bertz CT molecular complexity index is 957. The maximum Gasteiger partial charge on any atom is 0.0484 e. The van der Waals surface area contributed by atoms with Crippen LogP contribution in [0.5, 0.6) is 0 Å². The highest BCUT2D eigenvalue weighted by Crippen LogP contribution is 2.39. The Balaban J connectivity index is 2.12. The Labute approximate surface area is 141 Å². The first-order valence-corrected chi connectivity index (χ1v) is 7.96. The lowest BCUT2D eigenvalue weighted by molar-refractivity contribution is 1.60. The van der Waals surface area contributed by atoms with Crippen LogP contribution in [0.2, 0.25) is 5.02 Å². The SMILES string of the molecule is Clc1cccc2c(-c3ccccc3)c(-c3[c]cccc3)ccc12. The molecule has 0 atom stereocenters. The van der Waals surface area contributed by atoms with E-state index in [1.54, 1.807) is 0 Å². The molecule has 23 heavy (non-hydrogen) atoms. The molecular weight excluding hydrogens is 300 g/mol. The average molecular weight is 314 g/mol. The lowest BCUT2D eigenvalue weighted by Gasteiger charge is -2.14. The lowest BCUT2D eigenvalue weighted by atomic mass is 9.90. The third kappa shape index (κ3) is 2.52. The van der Waals surface area contributed by atoms with Gasteiger partial charge in [-0.25, -0.2) is 0 Å². The molecule has 0 N–H and O–H groups in total. The van der Waals surface area contributed by atoms with Crippen molar-refractivity contribution in [3.8, 4) is 22.3 Å². The number of fused-ring (bicyclic) bond motifs is 1. The Morgan fingerprint density at radius 3 is 2.26 bits per heavy atom. The van der Waals surface area contributed by atoms with E-state index in [-0.39, 0.29) is 0 Å². The molecule has 0 fully saturated rings. The van der Waals surface area contributed by atoms with Crippen molar-refractivity contribution in [1.29, 1.82) is 0 Å².